The fraction of sp³-hybridized carbons (Fsp3) is 0.680. The fourth-order valence-corrected chi connectivity index (χ4v) is 5.53. The van der Waals surface area contributed by atoms with Gasteiger partial charge in [0.15, 0.2) is 0 Å². The van der Waals surface area contributed by atoms with Crippen LogP contribution in [0.2, 0.25) is 0 Å². The molecule has 0 bridgehead atoms. The van der Waals surface area contributed by atoms with Crippen molar-refractivity contribution in [2.24, 2.45) is 23.7 Å². The minimum absolute atomic E-state index is 0.492. The van der Waals surface area contributed by atoms with Crippen LogP contribution in [0.3, 0.4) is 0 Å². The normalized spacial score (nSPS) is 28.3. The molecule has 2 aliphatic rings. The maximum atomic E-state index is 13.8. The zero-order valence-electron chi connectivity index (χ0n) is 17.5. The van der Waals surface area contributed by atoms with E-state index in [0.717, 1.165) is 36.3 Å². The molecule has 0 heterocycles. The predicted molar refractivity (Wildman–Crippen MR) is 110 cm³/mol. The molecule has 29 heavy (non-hydrogen) atoms. The van der Waals surface area contributed by atoms with Gasteiger partial charge < -0.3 is 0 Å². The number of rotatable bonds is 7. The van der Waals surface area contributed by atoms with Crippen molar-refractivity contribution >= 4 is 0 Å². The summed E-state index contributed by atoms with van der Waals surface area (Å²) in [6, 6.07) is 2.17. The van der Waals surface area contributed by atoms with Crippen LogP contribution in [0.4, 0.5) is 17.6 Å². The maximum Gasteiger partial charge on any atom is 0.269 e. The Bertz CT molecular complexity index is 642. The van der Waals surface area contributed by atoms with Gasteiger partial charge in [-0.15, -0.1) is 0 Å². The van der Waals surface area contributed by atoms with Crippen molar-refractivity contribution in [3.8, 4) is 0 Å². The summed E-state index contributed by atoms with van der Waals surface area (Å²) in [6.07, 6.45) is 14.4. The highest BCUT2D eigenvalue weighted by atomic mass is 19.3. The van der Waals surface area contributed by atoms with Gasteiger partial charge in [0.25, 0.3) is 6.43 Å². The molecule has 2 saturated carbocycles. The van der Waals surface area contributed by atoms with Crippen LogP contribution in [-0.2, 0) is 6.42 Å². The SMILES string of the molecule is C/C=C/C[C@H]1CC[C@H]([C@H]2CC[C@H](CCc3cc(F)c(C(F)F)c(F)c3)CC2)CC1. The van der Waals surface area contributed by atoms with Gasteiger partial charge in [0.1, 0.15) is 11.6 Å². The minimum atomic E-state index is -3.11. The van der Waals surface area contributed by atoms with Crippen LogP contribution in [0.5, 0.6) is 0 Å². The van der Waals surface area contributed by atoms with E-state index in [9.17, 15) is 17.6 Å². The molecule has 0 atom stereocenters. The number of aryl methyl sites for hydroxylation is 1. The van der Waals surface area contributed by atoms with Crippen molar-refractivity contribution in [1.29, 1.82) is 0 Å². The molecule has 0 unspecified atom stereocenters. The van der Waals surface area contributed by atoms with E-state index in [-0.39, 0.29) is 0 Å². The summed E-state index contributed by atoms with van der Waals surface area (Å²) in [5, 5.41) is 0. The summed E-state index contributed by atoms with van der Waals surface area (Å²) >= 11 is 0. The first-order chi connectivity index (χ1) is 14.0. The summed E-state index contributed by atoms with van der Waals surface area (Å²) < 4.78 is 52.9. The molecule has 0 spiro atoms. The third-order valence-electron chi connectivity index (χ3n) is 7.35. The van der Waals surface area contributed by atoms with Crippen molar-refractivity contribution in [1.82, 2.24) is 0 Å². The Morgan fingerprint density at radius 1 is 0.862 bits per heavy atom. The average Bonchev–Trinajstić information content (AvgIpc) is 2.71. The molecule has 1 aromatic rings. The molecule has 0 aromatic heterocycles. The minimum Gasteiger partial charge on any atom is -0.206 e. The van der Waals surface area contributed by atoms with E-state index in [4.69, 9.17) is 0 Å². The molecule has 0 amide bonds. The third-order valence-corrected chi connectivity index (χ3v) is 7.35. The molecule has 2 fully saturated rings. The highest BCUT2D eigenvalue weighted by Gasteiger charge is 2.30. The summed E-state index contributed by atoms with van der Waals surface area (Å²) in [5.41, 5.74) is -0.610. The summed E-state index contributed by atoms with van der Waals surface area (Å²) in [6.45, 7) is 2.09. The topological polar surface area (TPSA) is 0 Å². The molecular weight excluding hydrogens is 376 g/mol. The number of hydrogen-bond donors (Lipinski definition) is 0. The van der Waals surface area contributed by atoms with Crippen LogP contribution in [0, 0.1) is 35.3 Å². The van der Waals surface area contributed by atoms with Gasteiger partial charge in [0.05, 0.1) is 5.56 Å². The summed E-state index contributed by atoms with van der Waals surface area (Å²) in [5.74, 6) is 0.929. The quantitative estimate of drug-likeness (QED) is 0.313. The van der Waals surface area contributed by atoms with E-state index in [0.29, 0.717) is 17.9 Å². The number of allylic oxidation sites excluding steroid dienone is 2. The van der Waals surface area contributed by atoms with Crippen LogP contribution < -0.4 is 0 Å². The van der Waals surface area contributed by atoms with Crippen LogP contribution in [-0.4, -0.2) is 0 Å². The van der Waals surface area contributed by atoms with Gasteiger partial charge in [-0.25, -0.2) is 17.6 Å². The van der Waals surface area contributed by atoms with Gasteiger partial charge in [-0.1, -0.05) is 25.0 Å². The first-order valence-corrected chi connectivity index (χ1v) is 11.3. The van der Waals surface area contributed by atoms with Gasteiger partial charge in [-0.2, -0.15) is 0 Å². The zero-order chi connectivity index (χ0) is 20.8. The van der Waals surface area contributed by atoms with Crippen molar-refractivity contribution in [2.45, 2.75) is 84.0 Å². The lowest BCUT2D eigenvalue weighted by molar-refractivity contribution is 0.140. The lowest BCUT2D eigenvalue weighted by Crippen LogP contribution is -2.26. The first-order valence-electron chi connectivity index (χ1n) is 11.3. The maximum absolute atomic E-state index is 13.8. The highest BCUT2D eigenvalue weighted by Crippen LogP contribution is 2.43. The van der Waals surface area contributed by atoms with Gasteiger partial charge in [0.2, 0.25) is 0 Å². The monoisotopic (exact) mass is 410 g/mol. The number of alkyl halides is 2. The lowest BCUT2D eigenvalue weighted by atomic mass is 9.68. The molecule has 3 rings (SSSR count). The summed E-state index contributed by atoms with van der Waals surface area (Å²) in [7, 11) is 0. The Morgan fingerprint density at radius 2 is 1.38 bits per heavy atom. The smallest absolute Gasteiger partial charge is 0.206 e. The number of benzene rings is 1. The Morgan fingerprint density at radius 3 is 1.86 bits per heavy atom. The largest absolute Gasteiger partial charge is 0.269 e. The standard InChI is InChI=1S/C25H34F4/c1-2-3-4-17-7-11-20(12-8-17)21-13-9-18(10-14-21)5-6-19-15-22(26)24(25(28)29)23(27)16-19/h2-3,15-18,20-21,25H,4-14H2,1H3/b3-2+/t17-,18-,20-,21-. The second-order valence-electron chi connectivity index (χ2n) is 9.18. The van der Waals surface area contributed by atoms with E-state index in [2.05, 4.69) is 19.1 Å². The average molecular weight is 411 g/mol. The molecule has 0 saturated heterocycles. The highest BCUT2D eigenvalue weighted by molar-refractivity contribution is 5.27. The van der Waals surface area contributed by atoms with Crippen molar-refractivity contribution in [3.63, 3.8) is 0 Å². The first kappa shape index (κ1) is 22.4. The molecule has 0 aliphatic heterocycles. The van der Waals surface area contributed by atoms with E-state index >= 15 is 0 Å². The zero-order valence-corrected chi connectivity index (χ0v) is 17.5. The second kappa shape index (κ2) is 10.6. The molecule has 2 aliphatic carbocycles. The molecular formula is C25H34F4. The van der Waals surface area contributed by atoms with Crippen molar-refractivity contribution in [2.75, 3.05) is 0 Å². The number of hydrogen-bond acceptors (Lipinski definition) is 0. The number of halogens is 4. The Balaban J connectivity index is 1.42. The van der Waals surface area contributed by atoms with Gasteiger partial charge in [0, 0.05) is 0 Å². The molecule has 4 heteroatoms. The van der Waals surface area contributed by atoms with E-state index < -0.39 is 23.6 Å². The van der Waals surface area contributed by atoms with Crippen LogP contribution in [0.1, 0.15) is 88.7 Å². The van der Waals surface area contributed by atoms with Gasteiger partial charge >= 0.3 is 0 Å². The van der Waals surface area contributed by atoms with Crippen molar-refractivity contribution in [3.05, 3.63) is 47.0 Å². The van der Waals surface area contributed by atoms with E-state index in [1.807, 2.05) is 0 Å². The Labute approximate surface area is 172 Å². The molecule has 162 valence electrons. The third kappa shape index (κ3) is 6.08. The molecule has 0 radical (unpaired) electrons. The second-order valence-corrected chi connectivity index (χ2v) is 9.18. The van der Waals surface area contributed by atoms with Gasteiger partial charge in [-0.05, 0) is 106 Å². The van der Waals surface area contributed by atoms with E-state index in [1.165, 1.54) is 57.8 Å². The van der Waals surface area contributed by atoms with Crippen LogP contribution in [0.25, 0.3) is 0 Å². The van der Waals surface area contributed by atoms with E-state index in [1.54, 1.807) is 0 Å². The lowest BCUT2D eigenvalue weighted by Gasteiger charge is -2.37. The molecule has 1 aromatic carbocycles. The van der Waals surface area contributed by atoms with Crippen LogP contribution in [0.15, 0.2) is 24.3 Å². The molecule has 0 nitrogen and oxygen atoms in total. The van der Waals surface area contributed by atoms with Gasteiger partial charge in [-0.3, -0.25) is 0 Å². The summed E-state index contributed by atoms with van der Waals surface area (Å²) in [4.78, 5) is 0. The Kier molecular flexibility index (Phi) is 8.20. The van der Waals surface area contributed by atoms with Crippen LogP contribution >= 0.6 is 0 Å². The fourth-order valence-electron chi connectivity index (χ4n) is 5.53. The predicted octanol–water partition coefficient (Wildman–Crippen LogP) is 8.41. The molecule has 0 N–H and O–H groups in total. The Hall–Kier alpha value is -1.32. The van der Waals surface area contributed by atoms with Crippen molar-refractivity contribution < 1.29 is 17.6 Å².